The van der Waals surface area contributed by atoms with Crippen LogP contribution in [0.2, 0.25) is 0 Å². The fraction of sp³-hybridized carbons (Fsp3) is 0.474. The minimum Gasteiger partial charge on any atom is -0.491 e. The molecule has 0 spiro atoms. The van der Waals surface area contributed by atoms with E-state index in [1.807, 2.05) is 43.3 Å². The number of ether oxygens (including phenoxy) is 1. The van der Waals surface area contributed by atoms with Crippen molar-refractivity contribution in [2.24, 2.45) is 0 Å². The highest BCUT2D eigenvalue weighted by molar-refractivity contribution is 5.39. The van der Waals surface area contributed by atoms with Crippen LogP contribution < -0.4 is 15.0 Å². The third kappa shape index (κ3) is 5.14. The number of aromatic nitrogens is 2. The predicted molar refractivity (Wildman–Crippen MR) is 98.0 cm³/mol. The lowest BCUT2D eigenvalue weighted by atomic mass is 10.2. The highest BCUT2D eigenvalue weighted by Gasteiger charge is 2.25. The second-order valence-corrected chi connectivity index (χ2v) is 6.51. The minimum absolute atomic E-state index is 0.287. The lowest BCUT2D eigenvalue weighted by Gasteiger charge is -2.26. The Morgan fingerprint density at radius 3 is 3.08 bits per heavy atom. The number of hydrogen-bond acceptors (Lipinski definition) is 6. The molecule has 2 heterocycles. The van der Waals surface area contributed by atoms with Gasteiger partial charge in [-0.15, -0.1) is 5.10 Å². The number of aryl methyl sites for hydroxylation is 1. The van der Waals surface area contributed by atoms with Gasteiger partial charge in [0.1, 0.15) is 18.5 Å². The predicted octanol–water partition coefficient (Wildman–Crippen LogP) is 1.78. The van der Waals surface area contributed by atoms with Crippen LogP contribution in [-0.4, -0.2) is 53.7 Å². The van der Waals surface area contributed by atoms with Gasteiger partial charge in [0.05, 0.1) is 0 Å². The summed E-state index contributed by atoms with van der Waals surface area (Å²) in [5.41, 5.74) is 1.15. The molecule has 1 aliphatic rings. The first kappa shape index (κ1) is 17.6. The van der Waals surface area contributed by atoms with E-state index < -0.39 is 6.10 Å². The molecule has 3 rings (SSSR count). The van der Waals surface area contributed by atoms with E-state index in [-0.39, 0.29) is 6.61 Å². The van der Waals surface area contributed by atoms with Crippen LogP contribution in [0, 0.1) is 6.92 Å². The summed E-state index contributed by atoms with van der Waals surface area (Å²) in [6.07, 6.45) is 3.44. The van der Waals surface area contributed by atoms with Gasteiger partial charge in [0.2, 0.25) is 0 Å². The fourth-order valence-corrected chi connectivity index (χ4v) is 3.17. The van der Waals surface area contributed by atoms with Crippen molar-refractivity contribution < 1.29 is 9.84 Å². The van der Waals surface area contributed by atoms with Crippen LogP contribution in [0.3, 0.4) is 0 Å². The lowest BCUT2D eigenvalue weighted by molar-refractivity contribution is 0.106. The van der Waals surface area contributed by atoms with Crippen molar-refractivity contribution in [1.29, 1.82) is 0 Å². The molecule has 1 aliphatic heterocycles. The molecule has 2 N–H and O–H groups in total. The highest BCUT2D eigenvalue weighted by Crippen LogP contribution is 2.22. The van der Waals surface area contributed by atoms with Crippen LogP contribution in [0.4, 0.5) is 5.82 Å². The average molecular weight is 342 g/mol. The number of hydrogen-bond donors (Lipinski definition) is 2. The van der Waals surface area contributed by atoms with Crippen molar-refractivity contribution in [2.75, 3.05) is 31.1 Å². The summed E-state index contributed by atoms with van der Waals surface area (Å²) >= 11 is 0. The number of nitrogens with zero attached hydrogens (tertiary/aromatic N) is 3. The third-order valence-corrected chi connectivity index (χ3v) is 4.42. The van der Waals surface area contributed by atoms with Gasteiger partial charge in [-0.3, -0.25) is 0 Å². The summed E-state index contributed by atoms with van der Waals surface area (Å²) in [6.45, 7) is 4.64. The van der Waals surface area contributed by atoms with E-state index in [4.69, 9.17) is 4.74 Å². The Balaban J connectivity index is 1.40. The van der Waals surface area contributed by atoms with E-state index in [2.05, 4.69) is 20.4 Å². The van der Waals surface area contributed by atoms with Crippen LogP contribution in [0.15, 0.2) is 42.6 Å². The summed E-state index contributed by atoms with van der Waals surface area (Å²) in [4.78, 5) is 2.29. The van der Waals surface area contributed by atoms with Crippen molar-refractivity contribution in [3.63, 3.8) is 0 Å². The molecule has 0 bridgehead atoms. The molecule has 0 unspecified atom stereocenters. The first-order chi connectivity index (χ1) is 12.2. The van der Waals surface area contributed by atoms with E-state index >= 15 is 0 Å². The maximum absolute atomic E-state index is 10.1. The van der Waals surface area contributed by atoms with Gasteiger partial charge in [-0.1, -0.05) is 12.1 Å². The van der Waals surface area contributed by atoms with Crippen molar-refractivity contribution in [3.8, 4) is 5.75 Å². The second-order valence-electron chi connectivity index (χ2n) is 6.51. The van der Waals surface area contributed by atoms with Crippen LogP contribution in [0.5, 0.6) is 5.75 Å². The maximum atomic E-state index is 10.1. The molecule has 0 saturated carbocycles. The number of anilines is 1. The molecule has 2 aromatic rings. The molecule has 0 amide bonds. The van der Waals surface area contributed by atoms with E-state index in [0.29, 0.717) is 12.6 Å². The maximum Gasteiger partial charge on any atom is 0.151 e. The molecule has 134 valence electrons. The Morgan fingerprint density at radius 1 is 1.36 bits per heavy atom. The quantitative estimate of drug-likeness (QED) is 0.762. The Bertz CT molecular complexity index is 653. The Labute approximate surface area is 148 Å². The lowest BCUT2D eigenvalue weighted by Crippen LogP contribution is -2.41. The first-order valence-corrected chi connectivity index (χ1v) is 8.85. The number of aliphatic hydroxyl groups is 1. The molecule has 1 aromatic carbocycles. The number of rotatable bonds is 8. The number of benzene rings is 1. The van der Waals surface area contributed by atoms with Gasteiger partial charge in [-0.25, -0.2) is 0 Å². The van der Waals surface area contributed by atoms with Gasteiger partial charge in [-0.05, 0) is 49.6 Å². The van der Waals surface area contributed by atoms with E-state index in [0.717, 1.165) is 43.1 Å². The van der Waals surface area contributed by atoms with Gasteiger partial charge in [0, 0.05) is 31.9 Å². The molecule has 1 fully saturated rings. The Hall–Kier alpha value is -2.18. The van der Waals surface area contributed by atoms with Gasteiger partial charge in [0.15, 0.2) is 5.82 Å². The first-order valence-electron chi connectivity index (χ1n) is 8.85. The smallest absolute Gasteiger partial charge is 0.151 e. The van der Waals surface area contributed by atoms with Crippen molar-refractivity contribution in [2.45, 2.75) is 31.9 Å². The highest BCUT2D eigenvalue weighted by atomic mass is 16.5. The van der Waals surface area contributed by atoms with Crippen LogP contribution >= 0.6 is 0 Å². The van der Waals surface area contributed by atoms with Gasteiger partial charge < -0.3 is 20.1 Å². The van der Waals surface area contributed by atoms with Crippen molar-refractivity contribution >= 4 is 5.82 Å². The molecular formula is C19H26N4O2. The largest absolute Gasteiger partial charge is 0.491 e. The topological polar surface area (TPSA) is 70.5 Å². The number of nitrogens with one attached hydrogen (secondary N) is 1. The molecule has 1 saturated heterocycles. The Morgan fingerprint density at radius 2 is 2.28 bits per heavy atom. The summed E-state index contributed by atoms with van der Waals surface area (Å²) in [7, 11) is 0. The zero-order valence-electron chi connectivity index (χ0n) is 14.6. The molecule has 0 aliphatic carbocycles. The molecule has 0 radical (unpaired) electrons. The average Bonchev–Trinajstić information content (AvgIpc) is 3.09. The molecular weight excluding hydrogens is 316 g/mol. The Kier molecular flexibility index (Phi) is 6.19. The molecule has 25 heavy (non-hydrogen) atoms. The normalized spacial score (nSPS) is 18.3. The summed E-state index contributed by atoms with van der Waals surface area (Å²) in [5.74, 6) is 1.72. The van der Waals surface area contributed by atoms with Gasteiger partial charge in [-0.2, -0.15) is 5.10 Å². The third-order valence-electron chi connectivity index (χ3n) is 4.42. The molecule has 1 aromatic heterocycles. The SMILES string of the molecule is Cc1cccc(OC[C@H](O)CNC[C@H]2CCCN2c2cccnn2)c1. The van der Waals surface area contributed by atoms with Crippen molar-refractivity contribution in [3.05, 3.63) is 48.2 Å². The fourth-order valence-electron chi connectivity index (χ4n) is 3.17. The molecule has 6 nitrogen and oxygen atoms in total. The van der Waals surface area contributed by atoms with Crippen LogP contribution in [0.25, 0.3) is 0 Å². The number of aliphatic hydroxyl groups excluding tert-OH is 1. The summed E-state index contributed by atoms with van der Waals surface area (Å²) in [5, 5.41) is 21.6. The molecule has 2 atom stereocenters. The van der Waals surface area contributed by atoms with Gasteiger partial charge in [0.25, 0.3) is 0 Å². The zero-order chi connectivity index (χ0) is 17.5. The standard InChI is InChI=1S/C19H26N4O2/c1-15-5-2-7-18(11-15)25-14-17(24)13-20-12-16-6-4-10-23(16)19-8-3-9-21-22-19/h2-3,5,7-9,11,16-17,20,24H,4,6,10,12-14H2,1H3/t16-,17-/m1/s1. The summed E-state index contributed by atoms with van der Waals surface area (Å²) < 4.78 is 5.64. The van der Waals surface area contributed by atoms with Crippen molar-refractivity contribution in [1.82, 2.24) is 15.5 Å². The van der Waals surface area contributed by atoms with Crippen LogP contribution in [-0.2, 0) is 0 Å². The molecule has 6 heteroatoms. The monoisotopic (exact) mass is 342 g/mol. The second kappa shape index (κ2) is 8.78. The van der Waals surface area contributed by atoms with E-state index in [1.54, 1.807) is 6.20 Å². The zero-order valence-corrected chi connectivity index (χ0v) is 14.6. The van der Waals surface area contributed by atoms with Gasteiger partial charge >= 0.3 is 0 Å². The van der Waals surface area contributed by atoms with E-state index in [1.165, 1.54) is 0 Å². The summed E-state index contributed by atoms with van der Waals surface area (Å²) in [6, 6.07) is 12.2. The van der Waals surface area contributed by atoms with Crippen LogP contribution in [0.1, 0.15) is 18.4 Å². The van der Waals surface area contributed by atoms with E-state index in [9.17, 15) is 5.11 Å². The minimum atomic E-state index is -0.535.